The van der Waals surface area contributed by atoms with Gasteiger partial charge in [0.2, 0.25) is 5.91 Å². The predicted molar refractivity (Wildman–Crippen MR) is 235 cm³/mol. The van der Waals surface area contributed by atoms with Crippen LogP contribution in [0.1, 0.15) is 78.1 Å². The number of carbonyl (C=O) groups is 5. The topological polar surface area (TPSA) is 212 Å². The molecule has 342 valence electrons. The number of methoxy groups -OCH3 is 2. The number of anilines is 3. The number of amides is 5. The summed E-state index contributed by atoms with van der Waals surface area (Å²) in [6, 6.07) is 11.8. The number of carbonyl (C=O) groups excluding carboxylic acids is 5. The van der Waals surface area contributed by atoms with Crippen molar-refractivity contribution in [1.29, 1.82) is 0 Å². The highest BCUT2D eigenvalue weighted by Crippen LogP contribution is 2.42. The number of unbranched alkanes of at least 4 members (excludes halogenated alkanes) is 2. The van der Waals surface area contributed by atoms with E-state index in [1.54, 1.807) is 53.1 Å². The molecule has 4 aliphatic rings. The maximum Gasteiger partial charge on any atom is 0.416 e. The van der Waals surface area contributed by atoms with Crippen LogP contribution in [-0.4, -0.2) is 123 Å². The van der Waals surface area contributed by atoms with Gasteiger partial charge in [-0.05, 0) is 81.7 Å². The van der Waals surface area contributed by atoms with Gasteiger partial charge in [-0.2, -0.15) is 0 Å². The van der Waals surface area contributed by atoms with Gasteiger partial charge in [-0.3, -0.25) is 19.3 Å². The largest absolute Gasteiger partial charge is 0.493 e. The van der Waals surface area contributed by atoms with Gasteiger partial charge in [-0.15, -0.1) is 0 Å². The maximum absolute atomic E-state index is 13.9. The lowest BCUT2D eigenvalue weighted by molar-refractivity contribution is -0.117. The number of fused-ring (bicyclic) bond motifs is 4. The van der Waals surface area contributed by atoms with Gasteiger partial charge in [0.15, 0.2) is 29.2 Å². The van der Waals surface area contributed by atoms with Crippen LogP contribution >= 0.6 is 0 Å². The molecule has 64 heavy (non-hydrogen) atoms. The maximum atomic E-state index is 13.9. The molecule has 4 aliphatic heterocycles. The minimum Gasteiger partial charge on any atom is -0.493 e. The molecule has 0 radical (unpaired) electrons. The molecule has 5 amide bonds. The molecule has 7 rings (SSSR count). The Labute approximate surface area is 371 Å². The number of nitrogens with two attached hydrogens (primary N) is 1. The Morgan fingerprint density at radius 3 is 2.08 bits per heavy atom. The van der Waals surface area contributed by atoms with Crippen LogP contribution in [0.4, 0.5) is 26.7 Å². The molecule has 0 bridgehead atoms. The summed E-state index contributed by atoms with van der Waals surface area (Å²) < 4.78 is 34.8. The molecule has 0 aliphatic carbocycles. The van der Waals surface area contributed by atoms with Crippen molar-refractivity contribution < 1.29 is 57.5 Å². The molecule has 2 saturated heterocycles. The molecule has 0 saturated carbocycles. The van der Waals surface area contributed by atoms with Crippen LogP contribution in [0.5, 0.6) is 23.0 Å². The second-order valence-corrected chi connectivity index (χ2v) is 16.1. The van der Waals surface area contributed by atoms with Crippen LogP contribution < -0.4 is 39.8 Å². The van der Waals surface area contributed by atoms with Gasteiger partial charge in [0.25, 0.3) is 11.8 Å². The quantitative estimate of drug-likeness (QED) is 0.121. The lowest BCUT2D eigenvalue weighted by atomic mass is 10.1. The van der Waals surface area contributed by atoms with E-state index >= 15 is 0 Å². The monoisotopic (exact) mass is 884 g/mol. The third-order valence-corrected chi connectivity index (χ3v) is 11.8. The van der Waals surface area contributed by atoms with Crippen molar-refractivity contribution in [3.63, 3.8) is 0 Å². The van der Waals surface area contributed by atoms with Crippen molar-refractivity contribution in [3.05, 3.63) is 77.9 Å². The Kier molecular flexibility index (Phi) is 14.4. The Hall–Kier alpha value is -6.53. The summed E-state index contributed by atoms with van der Waals surface area (Å²) in [5.41, 5.74) is 7.93. The fourth-order valence-corrected chi connectivity index (χ4v) is 8.48. The number of ether oxygens (including phenoxy) is 6. The summed E-state index contributed by atoms with van der Waals surface area (Å²) >= 11 is 0. The molecule has 1 unspecified atom stereocenters. The SMILES string of the molecule is C=CCOC(=O)N1c2cc(OCCCCCOc3cc4c(cc3OC)C(=O)N3CCC[C@@H]3CN4C(=O)OCc3ccc(NC(=O)[C@H](C)N)cc3)c(OC)cc2C(=O)N2CCC[C@@H]2C1O. The summed E-state index contributed by atoms with van der Waals surface area (Å²) in [5.74, 6) is 0.454. The smallest absolute Gasteiger partial charge is 0.416 e. The molecule has 3 aromatic carbocycles. The lowest BCUT2D eigenvalue weighted by Gasteiger charge is -2.31. The highest BCUT2D eigenvalue weighted by molar-refractivity contribution is 6.07. The predicted octanol–water partition coefficient (Wildman–Crippen LogP) is 5.44. The molecule has 4 heterocycles. The minimum atomic E-state index is -1.34. The fourth-order valence-electron chi connectivity index (χ4n) is 8.48. The third-order valence-electron chi connectivity index (χ3n) is 11.8. The Morgan fingerprint density at radius 2 is 1.44 bits per heavy atom. The van der Waals surface area contributed by atoms with E-state index in [0.717, 1.165) is 17.7 Å². The van der Waals surface area contributed by atoms with E-state index < -0.39 is 30.5 Å². The van der Waals surface area contributed by atoms with E-state index in [-0.39, 0.29) is 73.7 Å². The second kappa shape index (κ2) is 20.3. The number of nitrogens with zero attached hydrogens (tertiary/aromatic N) is 4. The summed E-state index contributed by atoms with van der Waals surface area (Å²) in [6.45, 7) is 6.88. The standard InChI is InChI=1S/C46H56N6O12/c1-5-19-63-46(58)52-36-25-40(38(60-4)23-33(36)43(55)50-18-10-12-34(50)44(52)56)62-21-8-6-7-20-61-39-24-35-32(22-37(39)59-3)42(54)49-17-9-11-31(49)26-51(35)45(57)64-27-29-13-15-30(16-14-29)48-41(53)28(2)47/h5,13-16,22-25,28,31,34,44,56H,1,6-12,17-21,26-27,47H2,2-4H3,(H,48,53)/t28-,31+,34+,44?/m0/s1. The summed E-state index contributed by atoms with van der Waals surface area (Å²) in [4.78, 5) is 72.6. The number of aliphatic hydroxyl groups excluding tert-OH is 1. The van der Waals surface area contributed by atoms with Crippen molar-refractivity contribution >= 4 is 47.0 Å². The van der Waals surface area contributed by atoms with Crippen LogP contribution in [0.25, 0.3) is 0 Å². The van der Waals surface area contributed by atoms with Crippen molar-refractivity contribution in [3.8, 4) is 23.0 Å². The number of benzene rings is 3. The number of rotatable bonds is 16. The first-order chi connectivity index (χ1) is 30.9. The number of nitrogens with one attached hydrogen (secondary N) is 1. The van der Waals surface area contributed by atoms with E-state index in [1.165, 1.54) is 37.3 Å². The molecule has 4 N–H and O–H groups in total. The minimum absolute atomic E-state index is 0.0396. The molecule has 2 fully saturated rings. The van der Waals surface area contributed by atoms with Crippen LogP contribution in [0, 0.1) is 0 Å². The van der Waals surface area contributed by atoms with Crippen LogP contribution in [0.15, 0.2) is 61.2 Å². The number of aliphatic hydroxyl groups is 1. The molecule has 0 aromatic heterocycles. The van der Waals surface area contributed by atoms with Gasteiger partial charge in [-0.1, -0.05) is 24.8 Å². The summed E-state index contributed by atoms with van der Waals surface area (Å²) in [6.07, 6.45) is 3.32. The highest BCUT2D eigenvalue weighted by atomic mass is 16.6. The van der Waals surface area contributed by atoms with Gasteiger partial charge < -0.3 is 54.4 Å². The van der Waals surface area contributed by atoms with Crippen LogP contribution in [0.3, 0.4) is 0 Å². The normalized spacial score (nSPS) is 19.3. The van der Waals surface area contributed by atoms with E-state index in [4.69, 9.17) is 34.2 Å². The van der Waals surface area contributed by atoms with E-state index in [0.29, 0.717) is 84.9 Å². The van der Waals surface area contributed by atoms with Gasteiger partial charge in [0.05, 0.1) is 68.1 Å². The van der Waals surface area contributed by atoms with Crippen molar-refractivity contribution in [2.75, 3.05) is 68.8 Å². The van der Waals surface area contributed by atoms with Crippen LogP contribution in [0.2, 0.25) is 0 Å². The first-order valence-electron chi connectivity index (χ1n) is 21.6. The fraction of sp³-hybridized carbons (Fsp3) is 0.457. The molecular formula is C46H56N6O12. The molecular weight excluding hydrogens is 829 g/mol. The lowest BCUT2D eigenvalue weighted by Crippen LogP contribution is -2.50. The van der Waals surface area contributed by atoms with Gasteiger partial charge >= 0.3 is 12.2 Å². The highest BCUT2D eigenvalue weighted by Gasteiger charge is 2.45. The summed E-state index contributed by atoms with van der Waals surface area (Å²) in [5, 5.41) is 14.1. The summed E-state index contributed by atoms with van der Waals surface area (Å²) in [7, 11) is 2.95. The Bertz CT molecular complexity index is 2230. The van der Waals surface area contributed by atoms with E-state index in [2.05, 4.69) is 11.9 Å². The molecule has 18 nitrogen and oxygen atoms in total. The zero-order chi connectivity index (χ0) is 45.5. The van der Waals surface area contributed by atoms with Gasteiger partial charge in [0.1, 0.15) is 13.2 Å². The number of hydrogen-bond acceptors (Lipinski definition) is 13. The van der Waals surface area contributed by atoms with Gasteiger partial charge in [0, 0.05) is 37.5 Å². The van der Waals surface area contributed by atoms with Crippen LogP contribution in [-0.2, 0) is 20.9 Å². The average Bonchev–Trinajstić information content (AvgIpc) is 3.96. The molecule has 3 aromatic rings. The molecule has 0 spiro atoms. The van der Waals surface area contributed by atoms with Gasteiger partial charge in [-0.25, -0.2) is 14.5 Å². The Morgan fingerprint density at radius 1 is 0.828 bits per heavy atom. The Balaban J connectivity index is 0.993. The second-order valence-electron chi connectivity index (χ2n) is 16.1. The molecule has 4 atom stereocenters. The third kappa shape index (κ3) is 9.67. The zero-order valence-corrected chi connectivity index (χ0v) is 36.4. The first-order valence-corrected chi connectivity index (χ1v) is 21.6. The van der Waals surface area contributed by atoms with E-state index in [1.807, 2.05) is 0 Å². The molecule has 18 heteroatoms. The van der Waals surface area contributed by atoms with E-state index in [9.17, 15) is 29.1 Å². The first kappa shape index (κ1) is 45.5. The van der Waals surface area contributed by atoms with Crippen molar-refractivity contribution in [1.82, 2.24) is 9.80 Å². The average molecular weight is 885 g/mol. The van der Waals surface area contributed by atoms with Crippen molar-refractivity contribution in [2.45, 2.75) is 82.8 Å². The van der Waals surface area contributed by atoms with Crippen molar-refractivity contribution in [2.24, 2.45) is 5.73 Å². The number of hydrogen-bond donors (Lipinski definition) is 3. The zero-order valence-electron chi connectivity index (χ0n) is 36.4.